The van der Waals surface area contributed by atoms with Crippen LogP contribution in [0.25, 0.3) is 17.1 Å². The van der Waals surface area contributed by atoms with E-state index in [0.29, 0.717) is 17.6 Å². The summed E-state index contributed by atoms with van der Waals surface area (Å²) in [4.78, 5) is 8.96. The van der Waals surface area contributed by atoms with Crippen molar-refractivity contribution in [3.05, 3.63) is 54.5 Å². The van der Waals surface area contributed by atoms with Crippen molar-refractivity contribution < 1.29 is 0 Å². The molecule has 104 valence electrons. The first-order valence-electron chi connectivity index (χ1n) is 7.04. The van der Waals surface area contributed by atoms with Gasteiger partial charge in [-0.15, -0.1) is 0 Å². The minimum Gasteiger partial charge on any atom is -0.384 e. The summed E-state index contributed by atoms with van der Waals surface area (Å²) in [6.45, 7) is 0. The highest BCUT2D eigenvalue weighted by Crippen LogP contribution is 2.39. The van der Waals surface area contributed by atoms with Crippen LogP contribution in [0, 0.1) is 0 Å². The summed E-state index contributed by atoms with van der Waals surface area (Å²) in [5.74, 6) is 1.73. The summed E-state index contributed by atoms with van der Waals surface area (Å²) < 4.78 is 1.82. The number of aromatic nitrogens is 4. The van der Waals surface area contributed by atoms with E-state index in [1.807, 2.05) is 47.3 Å². The number of nitrogens with zero attached hydrogens (tertiary/aromatic N) is 4. The topological polar surface area (TPSA) is 69.6 Å². The van der Waals surface area contributed by atoms with Gasteiger partial charge < -0.3 is 5.73 Å². The molecule has 0 atom stereocenters. The van der Waals surface area contributed by atoms with Crippen LogP contribution < -0.4 is 5.73 Å². The van der Waals surface area contributed by atoms with Gasteiger partial charge in [0.15, 0.2) is 5.82 Å². The molecule has 0 unspecified atom stereocenters. The molecular weight excluding hydrogens is 262 g/mol. The fraction of sp³-hybridized carbons (Fsp3) is 0.188. The van der Waals surface area contributed by atoms with E-state index in [-0.39, 0.29) is 0 Å². The Morgan fingerprint density at radius 3 is 2.67 bits per heavy atom. The molecule has 2 aromatic heterocycles. The third kappa shape index (κ3) is 2.38. The molecule has 1 fully saturated rings. The van der Waals surface area contributed by atoms with Gasteiger partial charge in [0.2, 0.25) is 0 Å². The first-order valence-corrected chi connectivity index (χ1v) is 7.04. The molecule has 3 aromatic rings. The smallest absolute Gasteiger partial charge is 0.164 e. The van der Waals surface area contributed by atoms with Crippen LogP contribution in [0.2, 0.25) is 0 Å². The number of nitrogens with two attached hydrogens (primary N) is 1. The molecule has 2 N–H and O–H groups in total. The highest BCUT2D eigenvalue weighted by atomic mass is 15.3. The molecule has 1 saturated carbocycles. The standard InChI is InChI=1S/C16H15N5/c17-15-8-14(11-6-7-11)19-16(20-15)12-9-18-21(10-12)13-4-2-1-3-5-13/h1-5,8-11H,6-7H2,(H2,17,19,20). The Morgan fingerprint density at radius 1 is 1.10 bits per heavy atom. The number of hydrogen-bond donors (Lipinski definition) is 1. The Kier molecular flexibility index (Phi) is 2.70. The van der Waals surface area contributed by atoms with Crippen LogP contribution >= 0.6 is 0 Å². The Bertz CT molecular complexity index is 774. The zero-order valence-electron chi connectivity index (χ0n) is 11.5. The molecule has 0 aliphatic heterocycles. The monoisotopic (exact) mass is 277 g/mol. The van der Waals surface area contributed by atoms with Crippen LogP contribution in [-0.4, -0.2) is 19.7 Å². The second kappa shape index (κ2) is 4.70. The third-order valence-corrected chi connectivity index (χ3v) is 3.62. The Balaban J connectivity index is 1.72. The van der Waals surface area contributed by atoms with Crippen LogP contribution in [0.15, 0.2) is 48.8 Å². The van der Waals surface area contributed by atoms with Crippen LogP contribution in [0.5, 0.6) is 0 Å². The maximum absolute atomic E-state index is 5.90. The summed E-state index contributed by atoms with van der Waals surface area (Å²) in [6.07, 6.45) is 6.09. The average Bonchev–Trinajstić information content (AvgIpc) is 3.24. The predicted molar refractivity (Wildman–Crippen MR) is 81.0 cm³/mol. The van der Waals surface area contributed by atoms with Crippen molar-refractivity contribution in [1.29, 1.82) is 0 Å². The maximum Gasteiger partial charge on any atom is 0.164 e. The van der Waals surface area contributed by atoms with E-state index in [1.54, 1.807) is 6.20 Å². The van der Waals surface area contributed by atoms with E-state index >= 15 is 0 Å². The molecule has 1 aromatic carbocycles. The lowest BCUT2D eigenvalue weighted by atomic mass is 10.2. The highest BCUT2D eigenvalue weighted by molar-refractivity contribution is 5.56. The minimum atomic E-state index is 0.523. The molecule has 2 heterocycles. The van der Waals surface area contributed by atoms with Gasteiger partial charge in [-0.25, -0.2) is 14.6 Å². The van der Waals surface area contributed by atoms with Crippen LogP contribution in [0.1, 0.15) is 24.5 Å². The van der Waals surface area contributed by atoms with E-state index in [2.05, 4.69) is 15.1 Å². The number of hydrogen-bond acceptors (Lipinski definition) is 4. The van der Waals surface area contributed by atoms with Crippen molar-refractivity contribution in [2.75, 3.05) is 5.73 Å². The lowest BCUT2D eigenvalue weighted by Gasteiger charge is -2.03. The molecule has 5 heteroatoms. The lowest BCUT2D eigenvalue weighted by Crippen LogP contribution is -1.99. The molecule has 0 saturated heterocycles. The van der Waals surface area contributed by atoms with Crippen molar-refractivity contribution in [2.45, 2.75) is 18.8 Å². The number of rotatable bonds is 3. The molecule has 0 bridgehead atoms. The molecular formula is C16H15N5. The Hall–Kier alpha value is -2.69. The second-order valence-corrected chi connectivity index (χ2v) is 5.32. The maximum atomic E-state index is 5.90. The van der Waals surface area contributed by atoms with Crippen molar-refractivity contribution in [1.82, 2.24) is 19.7 Å². The molecule has 21 heavy (non-hydrogen) atoms. The molecule has 0 spiro atoms. The second-order valence-electron chi connectivity index (χ2n) is 5.32. The summed E-state index contributed by atoms with van der Waals surface area (Å²) in [7, 11) is 0. The van der Waals surface area contributed by atoms with E-state index in [4.69, 9.17) is 5.73 Å². The summed E-state index contributed by atoms with van der Waals surface area (Å²) in [6, 6.07) is 11.8. The quantitative estimate of drug-likeness (QED) is 0.799. The van der Waals surface area contributed by atoms with Gasteiger partial charge >= 0.3 is 0 Å². The average molecular weight is 277 g/mol. The van der Waals surface area contributed by atoms with Crippen LogP contribution in [0.4, 0.5) is 5.82 Å². The lowest BCUT2D eigenvalue weighted by molar-refractivity contribution is 0.880. The first-order chi connectivity index (χ1) is 10.3. The largest absolute Gasteiger partial charge is 0.384 e. The number of anilines is 1. The van der Waals surface area contributed by atoms with Gasteiger partial charge in [-0.2, -0.15) is 5.10 Å². The van der Waals surface area contributed by atoms with Crippen molar-refractivity contribution in [3.63, 3.8) is 0 Å². The van der Waals surface area contributed by atoms with Gasteiger partial charge in [0.25, 0.3) is 0 Å². The first kappa shape index (κ1) is 12.1. The molecule has 1 aliphatic rings. The number of para-hydroxylation sites is 1. The van der Waals surface area contributed by atoms with Gasteiger partial charge in [-0.3, -0.25) is 0 Å². The third-order valence-electron chi connectivity index (χ3n) is 3.62. The zero-order valence-corrected chi connectivity index (χ0v) is 11.5. The van der Waals surface area contributed by atoms with Gasteiger partial charge in [-0.1, -0.05) is 18.2 Å². The number of benzene rings is 1. The Labute approximate surface area is 122 Å². The predicted octanol–water partition coefficient (Wildman–Crippen LogP) is 2.79. The highest BCUT2D eigenvalue weighted by Gasteiger charge is 2.26. The fourth-order valence-electron chi connectivity index (χ4n) is 2.36. The van der Waals surface area contributed by atoms with Crippen LogP contribution in [0.3, 0.4) is 0 Å². The minimum absolute atomic E-state index is 0.523. The molecule has 0 amide bonds. The Morgan fingerprint density at radius 2 is 1.90 bits per heavy atom. The van der Waals surface area contributed by atoms with Gasteiger partial charge in [-0.05, 0) is 25.0 Å². The van der Waals surface area contributed by atoms with Gasteiger partial charge in [0.05, 0.1) is 17.4 Å². The van der Waals surface area contributed by atoms with Crippen molar-refractivity contribution in [3.8, 4) is 17.1 Å². The van der Waals surface area contributed by atoms with E-state index < -0.39 is 0 Å². The SMILES string of the molecule is Nc1cc(C2CC2)nc(-c2cnn(-c3ccccc3)c2)n1. The van der Waals surface area contributed by atoms with E-state index in [9.17, 15) is 0 Å². The van der Waals surface area contributed by atoms with Crippen molar-refractivity contribution >= 4 is 5.82 Å². The van der Waals surface area contributed by atoms with Gasteiger partial charge in [0.1, 0.15) is 5.82 Å². The normalized spacial score (nSPS) is 14.3. The van der Waals surface area contributed by atoms with E-state index in [0.717, 1.165) is 16.9 Å². The molecule has 5 nitrogen and oxygen atoms in total. The van der Waals surface area contributed by atoms with Crippen molar-refractivity contribution in [2.24, 2.45) is 0 Å². The summed E-state index contributed by atoms with van der Waals surface area (Å²) >= 11 is 0. The number of nitrogen functional groups attached to an aromatic ring is 1. The molecule has 4 rings (SSSR count). The van der Waals surface area contributed by atoms with Gasteiger partial charge in [0, 0.05) is 23.9 Å². The van der Waals surface area contributed by atoms with Crippen LogP contribution in [-0.2, 0) is 0 Å². The van der Waals surface area contributed by atoms with E-state index in [1.165, 1.54) is 12.8 Å². The zero-order chi connectivity index (χ0) is 14.2. The summed E-state index contributed by atoms with van der Waals surface area (Å²) in [5.41, 5.74) is 8.84. The summed E-state index contributed by atoms with van der Waals surface area (Å²) in [5, 5.41) is 4.38. The molecule has 0 radical (unpaired) electrons. The fourth-order valence-corrected chi connectivity index (χ4v) is 2.36. The molecule has 1 aliphatic carbocycles.